The van der Waals surface area contributed by atoms with Crippen LogP contribution in [0.5, 0.6) is 0 Å². The molecule has 0 aliphatic heterocycles. The lowest BCUT2D eigenvalue weighted by atomic mass is 10.4. The van der Waals surface area contributed by atoms with Gasteiger partial charge in [-0.3, -0.25) is 0 Å². The number of carbonyl (C=O) groups is 1. The average molecular weight is 170 g/mol. The van der Waals surface area contributed by atoms with Gasteiger partial charge < -0.3 is 16.3 Å². The molecule has 0 spiro atoms. The van der Waals surface area contributed by atoms with E-state index in [1.54, 1.807) is 0 Å². The standard InChI is InChI=1S/C6H6.C2H7N.CH2O.H3N/c1-2-4-6-5-3-1;1-3-2;1-2;/h1-6H;3H,1-2H3;1H2;1H3. The molecule has 0 atom stereocenters. The molecule has 70 valence electrons. The van der Waals surface area contributed by atoms with E-state index in [1.807, 2.05) is 57.3 Å². The number of rotatable bonds is 0. The van der Waals surface area contributed by atoms with Gasteiger partial charge in [0, 0.05) is 0 Å². The summed E-state index contributed by atoms with van der Waals surface area (Å²) in [6, 6.07) is 12.0. The summed E-state index contributed by atoms with van der Waals surface area (Å²) in [5.74, 6) is 0. The molecule has 12 heavy (non-hydrogen) atoms. The van der Waals surface area contributed by atoms with Crippen molar-refractivity contribution in [1.82, 2.24) is 11.5 Å². The normalized spacial score (nSPS) is 5.83. The Kier molecular flexibility index (Phi) is 32.1. The summed E-state index contributed by atoms with van der Waals surface area (Å²) in [5, 5.41) is 2.75. The van der Waals surface area contributed by atoms with Crippen LogP contribution in [0.2, 0.25) is 0 Å². The van der Waals surface area contributed by atoms with Crippen LogP contribution >= 0.6 is 0 Å². The lowest BCUT2D eigenvalue weighted by molar-refractivity contribution is -0.0979. The predicted octanol–water partition coefficient (Wildman–Crippen LogP) is 1.50. The maximum Gasteiger partial charge on any atom is 0.106 e. The summed E-state index contributed by atoms with van der Waals surface area (Å²) in [7, 11) is 3.75. The van der Waals surface area contributed by atoms with Crippen molar-refractivity contribution < 1.29 is 4.79 Å². The van der Waals surface area contributed by atoms with Gasteiger partial charge in [0.1, 0.15) is 6.79 Å². The molecule has 3 nitrogen and oxygen atoms in total. The highest BCUT2D eigenvalue weighted by atomic mass is 16.1. The maximum absolute atomic E-state index is 8.00. The van der Waals surface area contributed by atoms with Crippen LogP contribution in [-0.4, -0.2) is 20.9 Å². The molecule has 0 saturated carbocycles. The second-order valence-corrected chi connectivity index (χ2v) is 1.65. The summed E-state index contributed by atoms with van der Waals surface area (Å²) < 4.78 is 0. The predicted molar refractivity (Wildman–Crippen MR) is 53.6 cm³/mol. The van der Waals surface area contributed by atoms with E-state index in [4.69, 9.17) is 4.79 Å². The highest BCUT2D eigenvalue weighted by Gasteiger charge is 1.57. The van der Waals surface area contributed by atoms with Crippen molar-refractivity contribution in [2.45, 2.75) is 0 Å². The minimum Gasteiger partial charge on any atom is -0.344 e. The van der Waals surface area contributed by atoms with E-state index in [2.05, 4.69) is 5.32 Å². The van der Waals surface area contributed by atoms with Gasteiger partial charge >= 0.3 is 0 Å². The van der Waals surface area contributed by atoms with Crippen LogP contribution < -0.4 is 11.5 Å². The summed E-state index contributed by atoms with van der Waals surface area (Å²) in [6.07, 6.45) is 0. The van der Waals surface area contributed by atoms with Crippen molar-refractivity contribution in [1.29, 1.82) is 0 Å². The van der Waals surface area contributed by atoms with Crippen molar-refractivity contribution in [2.24, 2.45) is 0 Å². The van der Waals surface area contributed by atoms with Crippen LogP contribution in [0.3, 0.4) is 0 Å². The SMILES string of the molecule is C=O.CNC.N.c1ccccc1. The van der Waals surface area contributed by atoms with Gasteiger partial charge in [-0.2, -0.15) is 0 Å². The topological polar surface area (TPSA) is 64.1 Å². The molecule has 0 heterocycles. The molecule has 0 fully saturated rings. The molecule has 1 aromatic rings. The number of carbonyl (C=O) groups excluding carboxylic acids is 1. The highest BCUT2D eigenvalue weighted by Crippen LogP contribution is 1.79. The highest BCUT2D eigenvalue weighted by molar-refractivity contribution is 5.11. The zero-order valence-electron chi connectivity index (χ0n) is 7.79. The summed E-state index contributed by atoms with van der Waals surface area (Å²) >= 11 is 0. The number of hydrogen-bond acceptors (Lipinski definition) is 3. The second-order valence-electron chi connectivity index (χ2n) is 1.65. The van der Waals surface area contributed by atoms with E-state index in [0.717, 1.165) is 0 Å². The van der Waals surface area contributed by atoms with E-state index in [1.165, 1.54) is 0 Å². The number of benzene rings is 1. The van der Waals surface area contributed by atoms with Crippen LogP contribution in [0.15, 0.2) is 36.4 Å². The second kappa shape index (κ2) is 22.6. The third-order valence-corrected chi connectivity index (χ3v) is 0.667. The molecular weight excluding hydrogens is 152 g/mol. The molecule has 0 amide bonds. The van der Waals surface area contributed by atoms with Crippen LogP contribution in [0, 0.1) is 0 Å². The van der Waals surface area contributed by atoms with Crippen molar-refractivity contribution in [2.75, 3.05) is 14.1 Å². The van der Waals surface area contributed by atoms with E-state index < -0.39 is 0 Å². The van der Waals surface area contributed by atoms with Gasteiger partial charge in [-0.15, -0.1) is 0 Å². The summed E-state index contributed by atoms with van der Waals surface area (Å²) in [5.41, 5.74) is 0. The van der Waals surface area contributed by atoms with Gasteiger partial charge in [0.15, 0.2) is 0 Å². The van der Waals surface area contributed by atoms with E-state index in [0.29, 0.717) is 0 Å². The Morgan fingerprint density at radius 3 is 1.00 bits per heavy atom. The molecule has 1 rings (SSSR count). The first-order valence-electron chi connectivity index (χ1n) is 3.29. The van der Waals surface area contributed by atoms with Crippen LogP contribution in [0.4, 0.5) is 0 Å². The third-order valence-electron chi connectivity index (χ3n) is 0.667. The fourth-order valence-electron chi connectivity index (χ4n) is 0.385. The minimum atomic E-state index is 0. The zero-order valence-corrected chi connectivity index (χ0v) is 7.79. The molecular formula is C9H18N2O. The number of hydrogen-bond donors (Lipinski definition) is 2. The number of nitrogens with one attached hydrogen (secondary N) is 1. The van der Waals surface area contributed by atoms with Crippen molar-refractivity contribution in [3.63, 3.8) is 0 Å². The molecule has 0 radical (unpaired) electrons. The van der Waals surface area contributed by atoms with Gasteiger partial charge in [-0.1, -0.05) is 36.4 Å². The molecule has 4 N–H and O–H groups in total. The van der Waals surface area contributed by atoms with Crippen LogP contribution in [0.25, 0.3) is 0 Å². The molecule has 3 heteroatoms. The average Bonchev–Trinajstić information content (AvgIpc) is 2.12. The van der Waals surface area contributed by atoms with Gasteiger partial charge in [-0.25, -0.2) is 0 Å². The minimum absolute atomic E-state index is 0. The maximum atomic E-state index is 8.00. The van der Waals surface area contributed by atoms with Crippen LogP contribution in [0.1, 0.15) is 0 Å². The molecule has 0 aromatic heterocycles. The Bertz CT molecular complexity index is 106. The Labute approximate surface area is 74.4 Å². The zero-order chi connectivity index (χ0) is 8.95. The Morgan fingerprint density at radius 1 is 0.833 bits per heavy atom. The Balaban J connectivity index is -0.000000119. The third kappa shape index (κ3) is 23.2. The molecule has 0 bridgehead atoms. The fraction of sp³-hybridized carbons (Fsp3) is 0.222. The molecule has 1 aromatic carbocycles. The van der Waals surface area contributed by atoms with Gasteiger partial charge in [0.05, 0.1) is 0 Å². The summed E-state index contributed by atoms with van der Waals surface area (Å²) in [6.45, 7) is 2.00. The van der Waals surface area contributed by atoms with Gasteiger partial charge in [-0.05, 0) is 14.1 Å². The smallest absolute Gasteiger partial charge is 0.106 e. The van der Waals surface area contributed by atoms with Gasteiger partial charge in [0.25, 0.3) is 0 Å². The van der Waals surface area contributed by atoms with Crippen LogP contribution in [-0.2, 0) is 4.79 Å². The molecule has 0 aliphatic rings. The fourth-order valence-corrected chi connectivity index (χ4v) is 0.385. The first-order chi connectivity index (χ1) is 5.41. The van der Waals surface area contributed by atoms with Crippen molar-refractivity contribution in [3.8, 4) is 0 Å². The molecule has 0 saturated heterocycles. The van der Waals surface area contributed by atoms with Gasteiger partial charge in [0.2, 0.25) is 0 Å². The lowest BCUT2D eigenvalue weighted by Crippen LogP contribution is -1.89. The quantitative estimate of drug-likeness (QED) is 0.620. The molecule has 0 unspecified atom stereocenters. The van der Waals surface area contributed by atoms with Crippen molar-refractivity contribution in [3.05, 3.63) is 36.4 Å². The largest absolute Gasteiger partial charge is 0.344 e. The monoisotopic (exact) mass is 170 g/mol. The van der Waals surface area contributed by atoms with E-state index >= 15 is 0 Å². The first kappa shape index (κ1) is 17.1. The Morgan fingerprint density at radius 2 is 0.917 bits per heavy atom. The summed E-state index contributed by atoms with van der Waals surface area (Å²) in [4.78, 5) is 8.00. The lowest BCUT2D eigenvalue weighted by Gasteiger charge is -1.69. The Hall–Kier alpha value is -1.19. The first-order valence-corrected chi connectivity index (χ1v) is 3.29. The van der Waals surface area contributed by atoms with E-state index in [9.17, 15) is 0 Å². The van der Waals surface area contributed by atoms with Crippen molar-refractivity contribution >= 4 is 6.79 Å². The van der Waals surface area contributed by atoms with E-state index in [-0.39, 0.29) is 6.15 Å². The molecule has 0 aliphatic carbocycles.